The Balaban J connectivity index is 2.14. The van der Waals surface area contributed by atoms with Gasteiger partial charge in [-0.15, -0.1) is 0 Å². The summed E-state index contributed by atoms with van der Waals surface area (Å²) in [5.74, 6) is -1.84. The van der Waals surface area contributed by atoms with Crippen LogP contribution in [-0.2, 0) is 9.59 Å². The second kappa shape index (κ2) is 8.32. The molecule has 1 aromatic carbocycles. The standard InChI is InChI=1S/C17H22N4O5/c1-11(16(24)25)20(9-7-18-12(2)22)15(23)13-3-5-14(6-4-13)21-10-8-19-17(21)26/h3-6,11H,7-10H2,1-2H3,(H,18,22)(H,19,26)(H,24,25). The molecule has 1 aliphatic rings. The molecular formula is C17H22N4O5. The van der Waals surface area contributed by atoms with Crippen LogP contribution in [0.4, 0.5) is 10.5 Å². The second-order valence-electron chi connectivity index (χ2n) is 5.93. The van der Waals surface area contributed by atoms with Gasteiger partial charge >= 0.3 is 12.0 Å². The van der Waals surface area contributed by atoms with Crippen molar-refractivity contribution in [1.29, 1.82) is 0 Å². The number of nitrogens with zero attached hydrogens (tertiary/aromatic N) is 2. The minimum atomic E-state index is -1.13. The first-order valence-corrected chi connectivity index (χ1v) is 8.25. The lowest BCUT2D eigenvalue weighted by Gasteiger charge is -2.27. The minimum Gasteiger partial charge on any atom is -0.480 e. The van der Waals surface area contributed by atoms with Crippen molar-refractivity contribution in [2.45, 2.75) is 19.9 Å². The molecule has 140 valence electrons. The number of hydrogen-bond donors (Lipinski definition) is 3. The van der Waals surface area contributed by atoms with Gasteiger partial charge in [0.1, 0.15) is 6.04 Å². The Bertz CT molecular complexity index is 704. The molecule has 1 atom stereocenters. The third kappa shape index (κ3) is 4.50. The summed E-state index contributed by atoms with van der Waals surface area (Å²) in [7, 11) is 0. The van der Waals surface area contributed by atoms with Crippen molar-refractivity contribution >= 4 is 29.5 Å². The number of hydrogen-bond acceptors (Lipinski definition) is 4. The van der Waals surface area contributed by atoms with E-state index in [1.165, 1.54) is 18.7 Å². The third-order valence-corrected chi connectivity index (χ3v) is 4.10. The highest BCUT2D eigenvalue weighted by molar-refractivity contribution is 5.98. The maximum Gasteiger partial charge on any atom is 0.326 e. The molecule has 3 N–H and O–H groups in total. The number of benzene rings is 1. The first kappa shape index (κ1) is 19.2. The largest absolute Gasteiger partial charge is 0.480 e. The molecule has 9 heteroatoms. The van der Waals surface area contributed by atoms with E-state index in [-0.39, 0.29) is 25.0 Å². The monoisotopic (exact) mass is 362 g/mol. The van der Waals surface area contributed by atoms with Crippen LogP contribution in [0.15, 0.2) is 24.3 Å². The number of anilines is 1. The molecule has 1 saturated heterocycles. The summed E-state index contributed by atoms with van der Waals surface area (Å²) in [4.78, 5) is 49.4. The van der Waals surface area contributed by atoms with E-state index in [0.717, 1.165) is 0 Å². The molecule has 0 radical (unpaired) electrons. The molecule has 0 aliphatic carbocycles. The van der Waals surface area contributed by atoms with Gasteiger partial charge in [-0.05, 0) is 31.2 Å². The van der Waals surface area contributed by atoms with Crippen molar-refractivity contribution in [3.05, 3.63) is 29.8 Å². The Morgan fingerprint density at radius 3 is 2.46 bits per heavy atom. The lowest BCUT2D eigenvalue weighted by molar-refractivity contribution is -0.141. The van der Waals surface area contributed by atoms with Gasteiger partial charge in [0.2, 0.25) is 5.91 Å². The van der Waals surface area contributed by atoms with Crippen LogP contribution < -0.4 is 15.5 Å². The molecular weight excluding hydrogens is 340 g/mol. The van der Waals surface area contributed by atoms with E-state index in [4.69, 9.17) is 0 Å². The molecule has 0 bridgehead atoms. The molecule has 9 nitrogen and oxygen atoms in total. The molecule has 1 heterocycles. The first-order valence-electron chi connectivity index (χ1n) is 8.25. The van der Waals surface area contributed by atoms with E-state index in [0.29, 0.717) is 24.3 Å². The normalized spacial score (nSPS) is 14.5. The van der Waals surface area contributed by atoms with Crippen LogP contribution in [0.2, 0.25) is 0 Å². The fourth-order valence-corrected chi connectivity index (χ4v) is 2.62. The van der Waals surface area contributed by atoms with E-state index < -0.39 is 17.9 Å². The number of carboxylic acid groups (broad SMARTS) is 1. The predicted molar refractivity (Wildman–Crippen MR) is 94.0 cm³/mol. The summed E-state index contributed by atoms with van der Waals surface area (Å²) in [6, 6.07) is 5.18. The zero-order chi connectivity index (χ0) is 19.3. The van der Waals surface area contributed by atoms with Crippen molar-refractivity contribution in [3.8, 4) is 0 Å². The lowest BCUT2D eigenvalue weighted by atomic mass is 10.1. The number of nitrogens with one attached hydrogen (secondary N) is 2. The van der Waals surface area contributed by atoms with E-state index in [9.17, 15) is 24.3 Å². The maximum atomic E-state index is 12.7. The number of rotatable bonds is 7. The lowest BCUT2D eigenvalue weighted by Crippen LogP contribution is -2.46. The Labute approximate surface area is 150 Å². The van der Waals surface area contributed by atoms with Crippen molar-refractivity contribution in [2.24, 2.45) is 0 Å². The molecule has 4 amide bonds. The average molecular weight is 362 g/mol. The summed E-state index contributed by atoms with van der Waals surface area (Å²) < 4.78 is 0. The zero-order valence-corrected chi connectivity index (χ0v) is 14.7. The predicted octanol–water partition coefficient (Wildman–Crippen LogP) is 0.268. The average Bonchev–Trinajstić information content (AvgIpc) is 3.03. The molecule has 0 aromatic heterocycles. The van der Waals surface area contributed by atoms with Gasteiger partial charge < -0.3 is 20.6 Å². The highest BCUT2D eigenvalue weighted by Gasteiger charge is 2.27. The maximum absolute atomic E-state index is 12.7. The quantitative estimate of drug-likeness (QED) is 0.643. The highest BCUT2D eigenvalue weighted by Crippen LogP contribution is 2.18. The Hall–Kier alpha value is -3.10. The molecule has 26 heavy (non-hydrogen) atoms. The van der Waals surface area contributed by atoms with Gasteiger partial charge in [0.25, 0.3) is 5.91 Å². The van der Waals surface area contributed by atoms with E-state index in [1.807, 2.05) is 0 Å². The van der Waals surface area contributed by atoms with Crippen LogP contribution in [0.25, 0.3) is 0 Å². The number of amides is 4. The van der Waals surface area contributed by atoms with Gasteiger partial charge in [-0.2, -0.15) is 0 Å². The number of urea groups is 1. The van der Waals surface area contributed by atoms with Gasteiger partial charge in [0.05, 0.1) is 0 Å². The van der Waals surface area contributed by atoms with Gasteiger partial charge in [-0.1, -0.05) is 0 Å². The summed E-state index contributed by atoms with van der Waals surface area (Å²) >= 11 is 0. The van der Waals surface area contributed by atoms with E-state index in [2.05, 4.69) is 10.6 Å². The Kier molecular flexibility index (Phi) is 6.16. The van der Waals surface area contributed by atoms with Crippen molar-refractivity contribution in [1.82, 2.24) is 15.5 Å². The summed E-state index contributed by atoms with van der Waals surface area (Å²) in [6.07, 6.45) is 0. The number of carbonyl (C=O) groups is 4. The molecule has 1 aliphatic heterocycles. The van der Waals surface area contributed by atoms with E-state index in [1.54, 1.807) is 29.2 Å². The second-order valence-corrected chi connectivity index (χ2v) is 5.93. The molecule has 0 spiro atoms. The van der Waals surface area contributed by atoms with Gasteiger partial charge in [0, 0.05) is 44.4 Å². The molecule has 0 saturated carbocycles. The van der Waals surface area contributed by atoms with Crippen LogP contribution in [0, 0.1) is 0 Å². The van der Waals surface area contributed by atoms with Crippen LogP contribution in [0.3, 0.4) is 0 Å². The van der Waals surface area contributed by atoms with Crippen LogP contribution in [0.1, 0.15) is 24.2 Å². The third-order valence-electron chi connectivity index (χ3n) is 4.10. The summed E-state index contributed by atoms with van der Waals surface area (Å²) in [5, 5.41) is 14.5. The van der Waals surface area contributed by atoms with Crippen molar-refractivity contribution in [3.63, 3.8) is 0 Å². The fourth-order valence-electron chi connectivity index (χ4n) is 2.62. The molecule has 2 rings (SSSR count). The molecule has 1 aromatic rings. The smallest absolute Gasteiger partial charge is 0.326 e. The minimum absolute atomic E-state index is 0.0716. The summed E-state index contributed by atoms with van der Waals surface area (Å²) in [5.41, 5.74) is 0.969. The van der Waals surface area contributed by atoms with Crippen LogP contribution in [-0.4, -0.2) is 66.0 Å². The Morgan fingerprint density at radius 2 is 1.96 bits per heavy atom. The number of aliphatic carboxylic acids is 1. The highest BCUT2D eigenvalue weighted by atomic mass is 16.4. The van der Waals surface area contributed by atoms with Crippen molar-refractivity contribution in [2.75, 3.05) is 31.1 Å². The van der Waals surface area contributed by atoms with Crippen LogP contribution in [0.5, 0.6) is 0 Å². The number of carbonyl (C=O) groups excluding carboxylic acids is 3. The zero-order valence-electron chi connectivity index (χ0n) is 14.7. The fraction of sp³-hybridized carbons (Fsp3) is 0.412. The van der Waals surface area contributed by atoms with Crippen molar-refractivity contribution < 1.29 is 24.3 Å². The summed E-state index contributed by atoms with van der Waals surface area (Å²) in [6.45, 7) is 4.10. The van der Waals surface area contributed by atoms with Gasteiger partial charge in [-0.3, -0.25) is 14.5 Å². The van der Waals surface area contributed by atoms with Gasteiger partial charge in [-0.25, -0.2) is 9.59 Å². The van der Waals surface area contributed by atoms with Crippen LogP contribution >= 0.6 is 0 Å². The Morgan fingerprint density at radius 1 is 1.31 bits per heavy atom. The first-order chi connectivity index (χ1) is 12.3. The van der Waals surface area contributed by atoms with E-state index >= 15 is 0 Å². The topological polar surface area (TPSA) is 119 Å². The molecule has 1 fully saturated rings. The molecule has 1 unspecified atom stereocenters. The number of carboxylic acids is 1. The van der Waals surface area contributed by atoms with Gasteiger partial charge in [0.15, 0.2) is 0 Å². The SMILES string of the molecule is CC(=O)NCCN(C(=O)c1ccc(N2CCNC2=O)cc1)C(C)C(=O)O.